The Balaban J connectivity index is 1.97. The standard InChI is InChI=1S/C17H26O4/c1-5-20-16-7-13-6-15(19,9-16)10-17(8-13,12(16)4)21-14(18)11(2)3/h12-13,19H,2,5-10H2,1,3-4H3. The van der Waals surface area contributed by atoms with Gasteiger partial charge in [0.2, 0.25) is 0 Å². The summed E-state index contributed by atoms with van der Waals surface area (Å²) in [6.07, 6.45) is 3.81. The summed E-state index contributed by atoms with van der Waals surface area (Å²) in [4.78, 5) is 12.1. The number of aliphatic hydroxyl groups is 1. The minimum Gasteiger partial charge on any atom is -0.455 e. The van der Waals surface area contributed by atoms with Gasteiger partial charge in [0, 0.05) is 30.9 Å². The molecule has 0 amide bonds. The molecule has 4 bridgehead atoms. The van der Waals surface area contributed by atoms with Gasteiger partial charge in [-0.15, -0.1) is 0 Å². The Morgan fingerprint density at radius 2 is 1.90 bits per heavy atom. The maximum absolute atomic E-state index is 12.1. The Labute approximate surface area is 126 Å². The Morgan fingerprint density at radius 1 is 1.29 bits per heavy atom. The van der Waals surface area contributed by atoms with Crippen LogP contribution >= 0.6 is 0 Å². The van der Waals surface area contributed by atoms with E-state index in [1.54, 1.807) is 6.92 Å². The van der Waals surface area contributed by atoms with E-state index in [4.69, 9.17) is 9.47 Å². The van der Waals surface area contributed by atoms with Crippen molar-refractivity contribution in [1.82, 2.24) is 0 Å². The molecule has 0 aromatic rings. The van der Waals surface area contributed by atoms with Crippen LogP contribution in [0.15, 0.2) is 12.2 Å². The van der Waals surface area contributed by atoms with Crippen molar-refractivity contribution in [1.29, 1.82) is 0 Å². The molecule has 0 radical (unpaired) electrons. The van der Waals surface area contributed by atoms with Gasteiger partial charge in [-0.3, -0.25) is 0 Å². The molecule has 5 atom stereocenters. The van der Waals surface area contributed by atoms with Gasteiger partial charge in [0.25, 0.3) is 0 Å². The second kappa shape index (κ2) is 4.56. The van der Waals surface area contributed by atoms with Crippen molar-refractivity contribution in [3.05, 3.63) is 12.2 Å². The van der Waals surface area contributed by atoms with E-state index in [1.165, 1.54) is 0 Å². The summed E-state index contributed by atoms with van der Waals surface area (Å²) in [6, 6.07) is 0. The molecule has 4 saturated carbocycles. The molecule has 0 aromatic heterocycles. The maximum atomic E-state index is 12.1. The van der Waals surface area contributed by atoms with Crippen LogP contribution in [0.3, 0.4) is 0 Å². The van der Waals surface area contributed by atoms with Gasteiger partial charge in [0.15, 0.2) is 0 Å². The number of rotatable bonds is 4. The van der Waals surface area contributed by atoms with Crippen molar-refractivity contribution >= 4 is 5.97 Å². The number of carbonyl (C=O) groups excluding carboxylic acids is 1. The fourth-order valence-corrected chi connectivity index (χ4v) is 5.30. The van der Waals surface area contributed by atoms with Gasteiger partial charge in [-0.25, -0.2) is 4.79 Å². The van der Waals surface area contributed by atoms with E-state index in [1.807, 2.05) is 6.92 Å². The lowest BCUT2D eigenvalue weighted by molar-refractivity contribution is -0.300. The summed E-state index contributed by atoms with van der Waals surface area (Å²) in [6.45, 7) is 10.1. The molecule has 4 heteroatoms. The number of carbonyl (C=O) groups is 1. The lowest BCUT2D eigenvalue weighted by Gasteiger charge is -2.66. The van der Waals surface area contributed by atoms with Gasteiger partial charge < -0.3 is 14.6 Å². The molecule has 0 spiro atoms. The molecular formula is C17H26O4. The average Bonchev–Trinajstić information content (AvgIpc) is 2.34. The zero-order valence-electron chi connectivity index (χ0n) is 13.3. The molecule has 4 fully saturated rings. The molecular weight excluding hydrogens is 268 g/mol. The molecule has 0 heterocycles. The van der Waals surface area contributed by atoms with Crippen molar-refractivity contribution in [2.45, 2.75) is 69.7 Å². The molecule has 0 aromatic carbocycles. The van der Waals surface area contributed by atoms with E-state index in [0.29, 0.717) is 30.9 Å². The van der Waals surface area contributed by atoms with Crippen LogP contribution in [0.2, 0.25) is 0 Å². The smallest absolute Gasteiger partial charge is 0.333 e. The molecule has 4 aliphatic carbocycles. The minimum absolute atomic E-state index is 0.102. The topological polar surface area (TPSA) is 55.8 Å². The Kier molecular flexibility index (Phi) is 3.27. The number of hydrogen-bond donors (Lipinski definition) is 1. The average molecular weight is 294 g/mol. The van der Waals surface area contributed by atoms with Crippen molar-refractivity contribution < 1.29 is 19.4 Å². The highest BCUT2D eigenvalue weighted by molar-refractivity contribution is 5.87. The summed E-state index contributed by atoms with van der Waals surface area (Å²) in [5, 5.41) is 10.9. The van der Waals surface area contributed by atoms with Crippen LogP contribution in [-0.2, 0) is 14.3 Å². The third-order valence-electron chi connectivity index (χ3n) is 5.85. The third kappa shape index (κ3) is 2.15. The largest absolute Gasteiger partial charge is 0.455 e. The first-order chi connectivity index (χ1) is 9.74. The lowest BCUT2D eigenvalue weighted by atomic mass is 9.46. The quantitative estimate of drug-likeness (QED) is 0.639. The highest BCUT2D eigenvalue weighted by atomic mass is 16.6. The first kappa shape index (κ1) is 15.0. The normalized spacial score (nSPS) is 47.4. The van der Waals surface area contributed by atoms with E-state index in [0.717, 1.165) is 19.3 Å². The number of esters is 1. The highest BCUT2D eigenvalue weighted by Gasteiger charge is 2.69. The molecule has 5 unspecified atom stereocenters. The SMILES string of the molecule is C=C(C)C(=O)OC12CC3CC(O)(CC(OCC)(C3)C1C)C2. The molecule has 0 saturated heterocycles. The van der Waals surface area contributed by atoms with Gasteiger partial charge in [0.1, 0.15) is 5.60 Å². The van der Waals surface area contributed by atoms with Gasteiger partial charge in [-0.05, 0) is 39.0 Å². The van der Waals surface area contributed by atoms with Gasteiger partial charge >= 0.3 is 5.97 Å². The summed E-state index contributed by atoms with van der Waals surface area (Å²) in [5.74, 6) is 0.127. The Bertz CT molecular complexity index is 487. The Morgan fingerprint density at radius 3 is 2.48 bits per heavy atom. The van der Waals surface area contributed by atoms with Gasteiger partial charge in [-0.1, -0.05) is 13.5 Å². The van der Waals surface area contributed by atoms with Crippen molar-refractivity contribution in [3.63, 3.8) is 0 Å². The monoisotopic (exact) mass is 294 g/mol. The predicted octanol–water partition coefficient (Wildman–Crippen LogP) is 2.59. The molecule has 4 rings (SSSR count). The highest BCUT2D eigenvalue weighted by Crippen LogP contribution is 2.64. The lowest BCUT2D eigenvalue weighted by Crippen LogP contribution is -2.72. The second-order valence-corrected chi connectivity index (χ2v) is 7.51. The van der Waals surface area contributed by atoms with E-state index >= 15 is 0 Å². The Hall–Kier alpha value is -0.870. The number of ether oxygens (including phenoxy) is 2. The van der Waals surface area contributed by atoms with E-state index in [-0.39, 0.29) is 17.5 Å². The molecule has 1 N–H and O–H groups in total. The van der Waals surface area contributed by atoms with Crippen LogP contribution in [-0.4, -0.2) is 34.5 Å². The zero-order chi connectivity index (χ0) is 15.5. The summed E-state index contributed by atoms with van der Waals surface area (Å²) < 4.78 is 12.0. The van der Waals surface area contributed by atoms with Crippen LogP contribution in [0, 0.1) is 11.8 Å². The summed E-state index contributed by atoms with van der Waals surface area (Å²) >= 11 is 0. The summed E-state index contributed by atoms with van der Waals surface area (Å²) in [5.41, 5.74) is -1.29. The van der Waals surface area contributed by atoms with Crippen LogP contribution in [0.5, 0.6) is 0 Å². The first-order valence-electron chi connectivity index (χ1n) is 7.99. The maximum Gasteiger partial charge on any atom is 0.333 e. The van der Waals surface area contributed by atoms with E-state index < -0.39 is 11.2 Å². The minimum atomic E-state index is -0.752. The predicted molar refractivity (Wildman–Crippen MR) is 78.7 cm³/mol. The molecule has 0 aliphatic heterocycles. The summed E-state index contributed by atoms with van der Waals surface area (Å²) in [7, 11) is 0. The van der Waals surface area contributed by atoms with Crippen molar-refractivity contribution in [2.75, 3.05) is 6.61 Å². The van der Waals surface area contributed by atoms with Crippen LogP contribution in [0.1, 0.15) is 52.9 Å². The fourth-order valence-electron chi connectivity index (χ4n) is 5.30. The molecule has 4 nitrogen and oxygen atoms in total. The van der Waals surface area contributed by atoms with Crippen LogP contribution < -0.4 is 0 Å². The zero-order valence-corrected chi connectivity index (χ0v) is 13.3. The van der Waals surface area contributed by atoms with Crippen molar-refractivity contribution in [3.8, 4) is 0 Å². The fraction of sp³-hybridized carbons (Fsp3) is 0.824. The van der Waals surface area contributed by atoms with E-state index in [2.05, 4.69) is 13.5 Å². The third-order valence-corrected chi connectivity index (χ3v) is 5.85. The number of hydrogen-bond acceptors (Lipinski definition) is 4. The molecule has 118 valence electrons. The van der Waals surface area contributed by atoms with Crippen LogP contribution in [0.4, 0.5) is 0 Å². The molecule has 21 heavy (non-hydrogen) atoms. The van der Waals surface area contributed by atoms with Crippen LogP contribution in [0.25, 0.3) is 0 Å². The second-order valence-electron chi connectivity index (χ2n) is 7.51. The van der Waals surface area contributed by atoms with E-state index in [9.17, 15) is 9.90 Å². The van der Waals surface area contributed by atoms with Gasteiger partial charge in [0.05, 0.1) is 11.2 Å². The van der Waals surface area contributed by atoms with Crippen molar-refractivity contribution in [2.24, 2.45) is 11.8 Å². The van der Waals surface area contributed by atoms with Gasteiger partial charge in [-0.2, -0.15) is 0 Å². The first-order valence-corrected chi connectivity index (χ1v) is 7.99. The molecule has 4 aliphatic rings.